The Morgan fingerprint density at radius 1 is 1.32 bits per heavy atom. The average molecular weight is 400 g/mol. The maximum atomic E-state index is 12.5. The minimum absolute atomic E-state index is 0.289. The zero-order valence-electron chi connectivity index (χ0n) is 16.4. The number of hydrogen-bond donors (Lipinski definition) is 1. The molecule has 1 unspecified atom stereocenters. The molecule has 0 fully saturated rings. The number of carbonyl (C=O) groups is 2. The fourth-order valence-corrected chi connectivity index (χ4v) is 4.78. The van der Waals surface area contributed by atoms with Gasteiger partial charge in [-0.25, -0.2) is 4.79 Å². The topological polar surface area (TPSA) is 64.6 Å². The number of methoxy groups -OCH3 is 1. The molecule has 1 amide bonds. The Labute approximate surface area is 169 Å². The molecule has 1 aromatic carbocycles. The van der Waals surface area contributed by atoms with Crippen molar-refractivity contribution in [3.05, 3.63) is 51.9 Å². The van der Waals surface area contributed by atoms with Gasteiger partial charge < -0.3 is 14.8 Å². The van der Waals surface area contributed by atoms with Gasteiger partial charge in [-0.2, -0.15) is 0 Å². The predicted octanol–water partition coefficient (Wildman–Crippen LogP) is 4.71. The summed E-state index contributed by atoms with van der Waals surface area (Å²) in [7, 11) is 1.59. The Bertz CT molecular complexity index is 900. The van der Waals surface area contributed by atoms with E-state index in [1.807, 2.05) is 24.3 Å². The highest BCUT2D eigenvalue weighted by atomic mass is 32.1. The largest absolute Gasteiger partial charge is 0.496 e. The molecule has 1 heterocycles. The Hall–Kier alpha value is -2.60. The highest BCUT2D eigenvalue weighted by Gasteiger charge is 2.28. The maximum Gasteiger partial charge on any atom is 0.341 e. The van der Waals surface area contributed by atoms with Crippen molar-refractivity contribution < 1.29 is 19.1 Å². The monoisotopic (exact) mass is 399 g/mol. The lowest BCUT2D eigenvalue weighted by molar-refractivity contribution is -0.111. The molecule has 6 heteroatoms. The molecule has 2 aromatic rings. The number of fused-ring (bicyclic) bond motifs is 1. The predicted molar refractivity (Wildman–Crippen MR) is 112 cm³/mol. The standard InChI is InChI=1S/C22H25NO4S/c1-4-27-22(25)20-16-11-9-14(2)13-18(16)28-21(20)23-19(24)12-10-15-7-5-6-8-17(15)26-3/h5-8,10,12,14H,4,9,11,13H2,1-3H3,(H,23,24)/b12-10+. The zero-order chi connectivity index (χ0) is 20.1. The van der Waals surface area contributed by atoms with Crippen LogP contribution in [0.2, 0.25) is 0 Å². The van der Waals surface area contributed by atoms with Gasteiger partial charge in [0, 0.05) is 16.5 Å². The van der Waals surface area contributed by atoms with E-state index in [1.54, 1.807) is 20.1 Å². The van der Waals surface area contributed by atoms with Gasteiger partial charge in [0.2, 0.25) is 5.91 Å². The van der Waals surface area contributed by atoms with Crippen molar-refractivity contribution in [3.63, 3.8) is 0 Å². The molecule has 1 N–H and O–H groups in total. The lowest BCUT2D eigenvalue weighted by Gasteiger charge is -2.18. The van der Waals surface area contributed by atoms with Gasteiger partial charge in [0.05, 0.1) is 19.3 Å². The first-order chi connectivity index (χ1) is 13.5. The molecule has 5 nitrogen and oxygen atoms in total. The third-order valence-corrected chi connectivity index (χ3v) is 5.95. The zero-order valence-corrected chi connectivity index (χ0v) is 17.2. The molecule has 1 aromatic heterocycles. The van der Waals surface area contributed by atoms with Crippen LogP contribution in [0, 0.1) is 5.92 Å². The van der Waals surface area contributed by atoms with E-state index in [2.05, 4.69) is 12.2 Å². The van der Waals surface area contributed by atoms with E-state index in [-0.39, 0.29) is 11.9 Å². The molecule has 0 spiro atoms. The number of anilines is 1. The Morgan fingerprint density at radius 3 is 2.86 bits per heavy atom. The lowest BCUT2D eigenvalue weighted by Crippen LogP contribution is -2.15. The molecule has 3 rings (SSSR count). The summed E-state index contributed by atoms with van der Waals surface area (Å²) < 4.78 is 10.5. The first kappa shape index (κ1) is 20.1. The van der Waals surface area contributed by atoms with Crippen molar-refractivity contribution in [2.45, 2.75) is 33.1 Å². The van der Waals surface area contributed by atoms with Crippen molar-refractivity contribution in [3.8, 4) is 5.75 Å². The third-order valence-electron chi connectivity index (χ3n) is 4.78. The quantitative estimate of drug-likeness (QED) is 0.564. The Balaban J connectivity index is 1.84. The molecule has 1 aliphatic rings. The van der Waals surface area contributed by atoms with Crippen molar-refractivity contribution in [2.24, 2.45) is 5.92 Å². The second-order valence-corrected chi connectivity index (χ2v) is 7.95. The highest BCUT2D eigenvalue weighted by Crippen LogP contribution is 2.40. The number of para-hydroxylation sites is 1. The van der Waals surface area contributed by atoms with Gasteiger partial charge in [-0.05, 0) is 49.8 Å². The molecule has 1 aliphatic carbocycles. The summed E-state index contributed by atoms with van der Waals surface area (Å²) in [6, 6.07) is 7.47. The number of hydrogen-bond acceptors (Lipinski definition) is 5. The fourth-order valence-electron chi connectivity index (χ4n) is 3.38. The summed E-state index contributed by atoms with van der Waals surface area (Å²) in [6.45, 7) is 4.30. The van der Waals surface area contributed by atoms with Crippen LogP contribution < -0.4 is 10.1 Å². The van der Waals surface area contributed by atoms with Gasteiger partial charge in [0.15, 0.2) is 0 Å². The average Bonchev–Trinajstić information content (AvgIpc) is 3.03. The van der Waals surface area contributed by atoms with Crippen LogP contribution in [0.25, 0.3) is 6.08 Å². The second kappa shape index (κ2) is 9.06. The fraction of sp³-hybridized carbons (Fsp3) is 0.364. The molecule has 0 aliphatic heterocycles. The number of esters is 1. The normalized spacial score (nSPS) is 15.9. The Kier molecular flexibility index (Phi) is 6.52. The van der Waals surface area contributed by atoms with Crippen LogP contribution >= 0.6 is 11.3 Å². The summed E-state index contributed by atoms with van der Waals surface area (Å²) in [4.78, 5) is 26.2. The van der Waals surface area contributed by atoms with Gasteiger partial charge in [-0.1, -0.05) is 25.1 Å². The van der Waals surface area contributed by atoms with E-state index in [0.717, 1.165) is 30.4 Å². The molecule has 0 saturated carbocycles. The number of benzene rings is 1. The van der Waals surface area contributed by atoms with Gasteiger partial charge in [0.1, 0.15) is 10.8 Å². The van der Waals surface area contributed by atoms with E-state index < -0.39 is 0 Å². The van der Waals surface area contributed by atoms with Crippen molar-refractivity contribution >= 4 is 34.3 Å². The Morgan fingerprint density at radius 2 is 2.11 bits per heavy atom. The summed E-state index contributed by atoms with van der Waals surface area (Å²) in [5.41, 5.74) is 2.36. The second-order valence-electron chi connectivity index (χ2n) is 6.84. The van der Waals surface area contributed by atoms with E-state index in [4.69, 9.17) is 9.47 Å². The molecule has 1 atom stereocenters. The van der Waals surface area contributed by atoms with Gasteiger partial charge in [-0.15, -0.1) is 11.3 Å². The number of nitrogens with one attached hydrogen (secondary N) is 1. The number of rotatable bonds is 6. The first-order valence-corrected chi connectivity index (χ1v) is 10.3. The molecular weight excluding hydrogens is 374 g/mol. The third kappa shape index (κ3) is 4.44. The number of thiophene rings is 1. The van der Waals surface area contributed by atoms with Crippen LogP contribution in [0.5, 0.6) is 5.75 Å². The van der Waals surface area contributed by atoms with Crippen molar-refractivity contribution in [2.75, 3.05) is 19.0 Å². The molecule has 0 bridgehead atoms. The smallest absolute Gasteiger partial charge is 0.341 e. The van der Waals surface area contributed by atoms with Gasteiger partial charge >= 0.3 is 5.97 Å². The number of ether oxygens (including phenoxy) is 2. The minimum atomic E-state index is -0.362. The van der Waals surface area contributed by atoms with Gasteiger partial charge in [0.25, 0.3) is 0 Å². The molecule has 148 valence electrons. The van der Waals surface area contributed by atoms with Crippen LogP contribution in [-0.4, -0.2) is 25.6 Å². The number of amides is 1. The summed E-state index contributed by atoms with van der Waals surface area (Å²) >= 11 is 1.49. The lowest BCUT2D eigenvalue weighted by atomic mass is 9.88. The maximum absolute atomic E-state index is 12.5. The van der Waals surface area contributed by atoms with E-state index in [1.165, 1.54) is 22.3 Å². The van der Waals surface area contributed by atoms with Crippen molar-refractivity contribution in [1.29, 1.82) is 0 Å². The van der Waals surface area contributed by atoms with Gasteiger partial charge in [-0.3, -0.25) is 4.79 Å². The summed E-state index contributed by atoms with van der Waals surface area (Å²) in [5.74, 6) is 0.621. The van der Waals surface area contributed by atoms with Crippen LogP contribution in [0.3, 0.4) is 0 Å². The van der Waals surface area contributed by atoms with E-state index in [9.17, 15) is 9.59 Å². The first-order valence-electron chi connectivity index (χ1n) is 9.47. The summed E-state index contributed by atoms with van der Waals surface area (Å²) in [6.07, 6.45) is 5.96. The van der Waals surface area contributed by atoms with Crippen LogP contribution in [0.1, 0.15) is 46.6 Å². The summed E-state index contributed by atoms with van der Waals surface area (Å²) in [5, 5.41) is 3.46. The molecule has 28 heavy (non-hydrogen) atoms. The highest BCUT2D eigenvalue weighted by molar-refractivity contribution is 7.17. The van der Waals surface area contributed by atoms with E-state index in [0.29, 0.717) is 28.8 Å². The molecule has 0 saturated heterocycles. The molecular formula is C22H25NO4S. The van der Waals surface area contributed by atoms with Crippen LogP contribution in [0.4, 0.5) is 5.00 Å². The minimum Gasteiger partial charge on any atom is -0.496 e. The number of carbonyl (C=O) groups excluding carboxylic acids is 2. The van der Waals surface area contributed by atoms with Crippen molar-refractivity contribution in [1.82, 2.24) is 0 Å². The van der Waals surface area contributed by atoms with E-state index >= 15 is 0 Å². The molecule has 0 radical (unpaired) electrons. The SMILES string of the molecule is CCOC(=O)c1c(NC(=O)/C=C/c2ccccc2OC)sc2c1CCC(C)C2. The van der Waals surface area contributed by atoms with Crippen LogP contribution in [-0.2, 0) is 22.4 Å². The van der Waals surface area contributed by atoms with Crippen LogP contribution in [0.15, 0.2) is 30.3 Å².